The molecule has 0 fully saturated rings. The summed E-state index contributed by atoms with van der Waals surface area (Å²) in [5, 5.41) is 12.3. The van der Waals surface area contributed by atoms with E-state index >= 15 is 0 Å². The molecule has 0 spiro atoms. The van der Waals surface area contributed by atoms with Crippen molar-refractivity contribution in [2.45, 2.75) is 25.7 Å². The molecule has 0 saturated carbocycles. The first-order valence-corrected chi connectivity index (χ1v) is 13.6. The first kappa shape index (κ1) is 28.3. The number of aliphatic carboxylic acids is 1. The molecule has 0 unspecified atom stereocenters. The van der Waals surface area contributed by atoms with E-state index in [0.29, 0.717) is 48.2 Å². The number of hydrogen-bond acceptors (Lipinski definition) is 3. The lowest BCUT2D eigenvalue weighted by molar-refractivity contribution is -0.137. The van der Waals surface area contributed by atoms with Gasteiger partial charge in [-0.15, -0.1) is 0 Å². The lowest BCUT2D eigenvalue weighted by atomic mass is 9.94. The van der Waals surface area contributed by atoms with Gasteiger partial charge in [-0.1, -0.05) is 97.1 Å². The first-order valence-electron chi connectivity index (χ1n) is 13.6. The largest absolute Gasteiger partial charge is 0.481 e. The molecule has 0 bridgehead atoms. The zero-order chi connectivity index (χ0) is 28.2. The van der Waals surface area contributed by atoms with Crippen molar-refractivity contribution in [2.75, 3.05) is 19.6 Å². The van der Waals surface area contributed by atoms with Crippen LogP contribution in [0.15, 0.2) is 109 Å². The number of nitrogens with zero attached hydrogens (tertiary/aromatic N) is 1. The Morgan fingerprint density at radius 1 is 0.625 bits per heavy atom. The van der Waals surface area contributed by atoms with E-state index in [1.54, 1.807) is 23.1 Å². The number of aryl methyl sites for hydroxylation is 1. The first-order chi connectivity index (χ1) is 19.5. The van der Waals surface area contributed by atoms with Crippen molar-refractivity contribution in [1.82, 2.24) is 10.2 Å². The molecule has 0 heterocycles. The Hall–Kier alpha value is -4.71. The molecule has 4 rings (SSSR count). The Labute approximate surface area is 235 Å². The molecule has 4 aromatic rings. The van der Waals surface area contributed by atoms with Crippen molar-refractivity contribution in [1.29, 1.82) is 0 Å². The molecule has 2 N–H and O–H groups in total. The fourth-order valence-electron chi connectivity index (χ4n) is 4.72. The molecular weight excluding hydrogens is 500 g/mol. The van der Waals surface area contributed by atoms with Crippen LogP contribution in [0.5, 0.6) is 0 Å². The van der Waals surface area contributed by atoms with Crippen molar-refractivity contribution in [3.63, 3.8) is 0 Å². The molecule has 6 nitrogen and oxygen atoms in total. The Morgan fingerprint density at radius 2 is 1.15 bits per heavy atom. The van der Waals surface area contributed by atoms with Gasteiger partial charge < -0.3 is 15.3 Å². The number of nitrogens with one attached hydrogen (secondary N) is 1. The standard InChI is InChI=1S/C34H34N2O4/c37-32(38)22-25-36(24-11-16-26-12-3-1-4-13-26)34(40)31-20-10-8-18-29(31)28-17-7-9-19-30(28)33(39)35-23-21-27-14-5-2-6-15-27/h1-10,12-15,17-20H,11,16,21-25H2,(H,35,39)(H,37,38). The fourth-order valence-corrected chi connectivity index (χ4v) is 4.72. The average Bonchev–Trinajstić information content (AvgIpc) is 2.99. The summed E-state index contributed by atoms with van der Waals surface area (Å²) in [5.41, 5.74) is 4.53. The highest BCUT2D eigenvalue weighted by Gasteiger charge is 2.22. The summed E-state index contributed by atoms with van der Waals surface area (Å²) in [6, 6.07) is 34.4. The molecule has 204 valence electrons. The summed E-state index contributed by atoms with van der Waals surface area (Å²) in [7, 11) is 0. The molecule has 6 heteroatoms. The summed E-state index contributed by atoms with van der Waals surface area (Å²) in [6.45, 7) is 1.03. The molecule has 40 heavy (non-hydrogen) atoms. The van der Waals surface area contributed by atoms with E-state index in [1.807, 2.05) is 91.0 Å². The number of carboxylic acids is 1. The van der Waals surface area contributed by atoms with Gasteiger partial charge in [-0.2, -0.15) is 0 Å². The highest BCUT2D eigenvalue weighted by Crippen LogP contribution is 2.28. The Balaban J connectivity index is 1.53. The maximum Gasteiger partial charge on any atom is 0.305 e. The van der Waals surface area contributed by atoms with Crippen molar-refractivity contribution in [3.8, 4) is 11.1 Å². The molecule has 0 aliphatic carbocycles. The number of carboxylic acid groups (broad SMARTS) is 1. The number of amides is 2. The molecule has 0 saturated heterocycles. The Kier molecular flexibility index (Phi) is 10.2. The van der Waals surface area contributed by atoms with E-state index in [-0.39, 0.29) is 24.8 Å². The Morgan fingerprint density at radius 3 is 1.77 bits per heavy atom. The third-order valence-electron chi connectivity index (χ3n) is 6.78. The van der Waals surface area contributed by atoms with Crippen molar-refractivity contribution in [3.05, 3.63) is 131 Å². The maximum atomic E-state index is 13.8. The second-order valence-electron chi connectivity index (χ2n) is 9.61. The van der Waals surface area contributed by atoms with Crippen LogP contribution in [0.1, 0.15) is 44.7 Å². The molecule has 0 aromatic heterocycles. The number of carbonyl (C=O) groups excluding carboxylic acids is 2. The summed E-state index contributed by atoms with van der Waals surface area (Å²) in [6.07, 6.45) is 2.06. The Bertz CT molecular complexity index is 1420. The van der Waals surface area contributed by atoms with Gasteiger partial charge in [0.15, 0.2) is 0 Å². The van der Waals surface area contributed by atoms with E-state index in [9.17, 15) is 19.5 Å². The van der Waals surface area contributed by atoms with Gasteiger partial charge in [-0.05, 0) is 53.6 Å². The number of rotatable bonds is 13. The van der Waals surface area contributed by atoms with Crippen LogP contribution >= 0.6 is 0 Å². The van der Waals surface area contributed by atoms with Crippen LogP contribution < -0.4 is 5.32 Å². The van der Waals surface area contributed by atoms with E-state index in [1.165, 1.54) is 5.56 Å². The highest BCUT2D eigenvalue weighted by atomic mass is 16.4. The number of benzene rings is 4. The van der Waals surface area contributed by atoms with Crippen LogP contribution in [0.4, 0.5) is 0 Å². The molecule has 4 aromatic carbocycles. The summed E-state index contributed by atoms with van der Waals surface area (Å²) < 4.78 is 0. The van der Waals surface area contributed by atoms with Crippen LogP contribution in [0.25, 0.3) is 11.1 Å². The van der Waals surface area contributed by atoms with Gasteiger partial charge in [0.2, 0.25) is 0 Å². The molecule has 0 aliphatic rings. The predicted octanol–water partition coefficient (Wildman–Crippen LogP) is 5.88. The number of carbonyl (C=O) groups is 3. The molecular formula is C34H34N2O4. The smallest absolute Gasteiger partial charge is 0.305 e. The van der Waals surface area contributed by atoms with Gasteiger partial charge in [0, 0.05) is 30.8 Å². The predicted molar refractivity (Wildman–Crippen MR) is 157 cm³/mol. The monoisotopic (exact) mass is 534 g/mol. The van der Waals surface area contributed by atoms with Gasteiger partial charge >= 0.3 is 5.97 Å². The van der Waals surface area contributed by atoms with E-state index in [0.717, 1.165) is 12.0 Å². The van der Waals surface area contributed by atoms with Crippen LogP contribution in [-0.4, -0.2) is 47.4 Å². The maximum absolute atomic E-state index is 13.8. The van der Waals surface area contributed by atoms with Crippen LogP contribution in [-0.2, 0) is 17.6 Å². The molecule has 2 amide bonds. The van der Waals surface area contributed by atoms with Crippen LogP contribution in [0.2, 0.25) is 0 Å². The minimum Gasteiger partial charge on any atom is -0.481 e. The summed E-state index contributed by atoms with van der Waals surface area (Å²) >= 11 is 0. The summed E-state index contributed by atoms with van der Waals surface area (Å²) in [5.74, 6) is -1.41. The SMILES string of the molecule is O=C(O)CCN(CCCc1ccccc1)C(=O)c1ccccc1-c1ccccc1C(=O)NCCc1ccccc1. The molecule has 0 aliphatic heterocycles. The van der Waals surface area contributed by atoms with Crippen LogP contribution in [0.3, 0.4) is 0 Å². The van der Waals surface area contributed by atoms with Crippen molar-refractivity contribution >= 4 is 17.8 Å². The van der Waals surface area contributed by atoms with E-state index in [2.05, 4.69) is 5.32 Å². The number of hydrogen-bond donors (Lipinski definition) is 2. The minimum absolute atomic E-state index is 0.110. The van der Waals surface area contributed by atoms with Crippen molar-refractivity contribution in [2.24, 2.45) is 0 Å². The highest BCUT2D eigenvalue weighted by molar-refractivity contribution is 6.06. The normalized spacial score (nSPS) is 10.6. The topological polar surface area (TPSA) is 86.7 Å². The van der Waals surface area contributed by atoms with E-state index in [4.69, 9.17) is 0 Å². The fraction of sp³-hybridized carbons (Fsp3) is 0.206. The van der Waals surface area contributed by atoms with Gasteiger partial charge in [0.25, 0.3) is 11.8 Å². The lowest BCUT2D eigenvalue weighted by Gasteiger charge is -2.24. The van der Waals surface area contributed by atoms with E-state index < -0.39 is 5.97 Å². The second kappa shape index (κ2) is 14.4. The van der Waals surface area contributed by atoms with Crippen LogP contribution in [0, 0.1) is 0 Å². The lowest BCUT2D eigenvalue weighted by Crippen LogP contribution is -2.34. The second-order valence-corrected chi connectivity index (χ2v) is 9.61. The van der Waals surface area contributed by atoms with Gasteiger partial charge in [0.1, 0.15) is 0 Å². The van der Waals surface area contributed by atoms with Gasteiger partial charge in [-0.3, -0.25) is 14.4 Å². The zero-order valence-electron chi connectivity index (χ0n) is 22.5. The van der Waals surface area contributed by atoms with Crippen molar-refractivity contribution < 1.29 is 19.5 Å². The van der Waals surface area contributed by atoms with Gasteiger partial charge in [0.05, 0.1) is 6.42 Å². The minimum atomic E-state index is -0.952. The molecule has 0 radical (unpaired) electrons. The zero-order valence-corrected chi connectivity index (χ0v) is 22.5. The quantitative estimate of drug-likeness (QED) is 0.224. The third kappa shape index (κ3) is 7.90. The average molecular weight is 535 g/mol. The summed E-state index contributed by atoms with van der Waals surface area (Å²) in [4.78, 5) is 40.0. The molecule has 0 atom stereocenters. The third-order valence-corrected chi connectivity index (χ3v) is 6.78. The van der Waals surface area contributed by atoms with Gasteiger partial charge in [-0.25, -0.2) is 0 Å².